The molecule has 0 saturated carbocycles. The van der Waals surface area contributed by atoms with E-state index in [9.17, 15) is 0 Å². The second-order valence-corrected chi connectivity index (χ2v) is 5.90. The van der Waals surface area contributed by atoms with Gasteiger partial charge >= 0.3 is 0 Å². The fourth-order valence-electron chi connectivity index (χ4n) is 2.13. The van der Waals surface area contributed by atoms with Gasteiger partial charge in [0.25, 0.3) is 0 Å². The Morgan fingerprint density at radius 3 is 2.74 bits per heavy atom. The van der Waals surface area contributed by atoms with Crippen LogP contribution in [0.4, 0.5) is 0 Å². The molecule has 19 heavy (non-hydrogen) atoms. The van der Waals surface area contributed by atoms with Crippen LogP contribution in [0.2, 0.25) is 0 Å². The van der Waals surface area contributed by atoms with Crippen molar-refractivity contribution in [1.82, 2.24) is 4.98 Å². The molecule has 2 N–H and O–H groups in total. The van der Waals surface area contributed by atoms with Crippen molar-refractivity contribution in [3.8, 4) is 11.3 Å². The van der Waals surface area contributed by atoms with Crippen molar-refractivity contribution in [3.05, 3.63) is 40.7 Å². The number of hydrogen-bond acceptors (Lipinski definition) is 3. The van der Waals surface area contributed by atoms with Gasteiger partial charge in [0.2, 0.25) is 0 Å². The lowest BCUT2D eigenvalue weighted by molar-refractivity contribution is 0.556. The molecule has 0 bridgehead atoms. The molecule has 3 heteroatoms. The SMILES string of the molecule is CCCCCC(N)Cc1nc(-c2ccccc2)cs1. The quantitative estimate of drug-likeness (QED) is 0.766. The van der Waals surface area contributed by atoms with Crippen LogP contribution in [0.5, 0.6) is 0 Å². The summed E-state index contributed by atoms with van der Waals surface area (Å²) in [6, 6.07) is 10.6. The average molecular weight is 274 g/mol. The highest BCUT2D eigenvalue weighted by atomic mass is 32.1. The van der Waals surface area contributed by atoms with Crippen LogP contribution in [-0.2, 0) is 6.42 Å². The number of hydrogen-bond donors (Lipinski definition) is 1. The van der Waals surface area contributed by atoms with Crippen molar-refractivity contribution >= 4 is 11.3 Å². The predicted octanol–water partition coefficient (Wildman–Crippen LogP) is 4.26. The van der Waals surface area contributed by atoms with Crippen molar-refractivity contribution in [2.24, 2.45) is 5.73 Å². The highest BCUT2D eigenvalue weighted by Crippen LogP contribution is 2.22. The van der Waals surface area contributed by atoms with E-state index < -0.39 is 0 Å². The Hall–Kier alpha value is -1.19. The van der Waals surface area contributed by atoms with E-state index in [2.05, 4.69) is 29.4 Å². The van der Waals surface area contributed by atoms with Gasteiger partial charge in [-0.3, -0.25) is 0 Å². The number of unbranched alkanes of at least 4 members (excludes halogenated alkanes) is 2. The highest BCUT2D eigenvalue weighted by Gasteiger charge is 2.08. The third-order valence-electron chi connectivity index (χ3n) is 3.24. The van der Waals surface area contributed by atoms with Crippen molar-refractivity contribution in [3.63, 3.8) is 0 Å². The molecule has 0 aliphatic rings. The monoisotopic (exact) mass is 274 g/mol. The van der Waals surface area contributed by atoms with E-state index in [1.54, 1.807) is 11.3 Å². The Balaban J connectivity index is 1.91. The highest BCUT2D eigenvalue weighted by molar-refractivity contribution is 7.09. The van der Waals surface area contributed by atoms with E-state index in [4.69, 9.17) is 5.73 Å². The summed E-state index contributed by atoms with van der Waals surface area (Å²) in [4.78, 5) is 4.69. The molecule has 1 unspecified atom stereocenters. The first-order valence-corrected chi connectivity index (χ1v) is 7.93. The standard InChI is InChI=1S/C16H22N2S/c1-2-3-5-10-14(17)11-16-18-15(12-19-16)13-8-6-4-7-9-13/h4,6-9,12,14H,2-3,5,10-11,17H2,1H3. The molecule has 0 aliphatic heterocycles. The lowest BCUT2D eigenvalue weighted by Gasteiger charge is -2.08. The largest absolute Gasteiger partial charge is 0.327 e. The maximum absolute atomic E-state index is 6.16. The third kappa shape index (κ3) is 4.44. The van der Waals surface area contributed by atoms with Gasteiger partial charge in [0.1, 0.15) is 0 Å². The van der Waals surface area contributed by atoms with Gasteiger partial charge in [0, 0.05) is 23.4 Å². The predicted molar refractivity (Wildman–Crippen MR) is 83.4 cm³/mol. The zero-order valence-electron chi connectivity index (χ0n) is 11.5. The summed E-state index contributed by atoms with van der Waals surface area (Å²) in [5.74, 6) is 0. The van der Waals surface area contributed by atoms with Crippen molar-refractivity contribution < 1.29 is 0 Å². The van der Waals surface area contributed by atoms with Crippen LogP contribution in [0.3, 0.4) is 0 Å². The molecule has 0 aliphatic carbocycles. The van der Waals surface area contributed by atoms with Gasteiger partial charge in [-0.2, -0.15) is 0 Å². The van der Waals surface area contributed by atoms with Crippen LogP contribution < -0.4 is 5.73 Å². The maximum atomic E-state index is 6.16. The van der Waals surface area contributed by atoms with Gasteiger partial charge in [-0.1, -0.05) is 56.5 Å². The van der Waals surface area contributed by atoms with Gasteiger partial charge < -0.3 is 5.73 Å². The molecule has 0 radical (unpaired) electrons. The minimum atomic E-state index is 0.251. The zero-order chi connectivity index (χ0) is 13.5. The van der Waals surface area contributed by atoms with Crippen LogP contribution in [0.15, 0.2) is 35.7 Å². The first-order valence-electron chi connectivity index (χ1n) is 7.05. The van der Waals surface area contributed by atoms with Crippen LogP contribution in [0.1, 0.15) is 37.6 Å². The van der Waals surface area contributed by atoms with Gasteiger partial charge in [-0.15, -0.1) is 11.3 Å². The van der Waals surface area contributed by atoms with Crippen molar-refractivity contribution in [2.45, 2.75) is 45.1 Å². The Labute approximate surface area is 119 Å². The molecule has 2 nitrogen and oxygen atoms in total. The van der Waals surface area contributed by atoms with Gasteiger partial charge in [0.15, 0.2) is 0 Å². The number of rotatable bonds is 7. The summed E-state index contributed by atoms with van der Waals surface area (Å²) in [6.07, 6.45) is 5.77. The topological polar surface area (TPSA) is 38.9 Å². The fraction of sp³-hybridized carbons (Fsp3) is 0.438. The van der Waals surface area contributed by atoms with E-state index in [1.807, 2.05) is 18.2 Å². The summed E-state index contributed by atoms with van der Waals surface area (Å²) in [5, 5.41) is 3.28. The van der Waals surface area contributed by atoms with Crippen LogP contribution in [-0.4, -0.2) is 11.0 Å². The summed E-state index contributed by atoms with van der Waals surface area (Å²) >= 11 is 1.72. The molecule has 2 rings (SSSR count). The van der Waals surface area contributed by atoms with Gasteiger partial charge in [-0.25, -0.2) is 4.98 Å². The van der Waals surface area contributed by atoms with Gasteiger partial charge in [-0.05, 0) is 6.42 Å². The minimum Gasteiger partial charge on any atom is -0.327 e. The van der Waals surface area contributed by atoms with Crippen LogP contribution in [0, 0.1) is 0 Å². The second-order valence-electron chi connectivity index (χ2n) is 4.95. The molecule has 0 fully saturated rings. The molecule has 0 saturated heterocycles. The molecule has 1 aromatic heterocycles. The zero-order valence-corrected chi connectivity index (χ0v) is 12.3. The van der Waals surface area contributed by atoms with E-state index in [1.165, 1.54) is 24.8 Å². The molecular weight excluding hydrogens is 252 g/mol. The summed E-state index contributed by atoms with van der Waals surface area (Å²) in [6.45, 7) is 2.22. The number of nitrogens with zero attached hydrogens (tertiary/aromatic N) is 1. The van der Waals surface area contributed by atoms with E-state index in [0.29, 0.717) is 0 Å². The molecular formula is C16H22N2S. The Morgan fingerprint density at radius 1 is 1.21 bits per heavy atom. The number of thiazole rings is 1. The molecule has 0 amide bonds. The first-order chi connectivity index (χ1) is 9.29. The van der Waals surface area contributed by atoms with E-state index in [-0.39, 0.29) is 6.04 Å². The molecule has 102 valence electrons. The third-order valence-corrected chi connectivity index (χ3v) is 4.11. The lowest BCUT2D eigenvalue weighted by atomic mass is 10.1. The number of benzene rings is 1. The Bertz CT molecular complexity index is 479. The normalized spacial score (nSPS) is 12.5. The Kier molecular flexibility index (Phi) is 5.55. The van der Waals surface area contributed by atoms with Crippen molar-refractivity contribution in [1.29, 1.82) is 0 Å². The maximum Gasteiger partial charge on any atom is 0.0948 e. The fourth-order valence-corrected chi connectivity index (χ4v) is 3.03. The minimum absolute atomic E-state index is 0.251. The van der Waals surface area contributed by atoms with Gasteiger partial charge in [0.05, 0.1) is 10.7 Å². The average Bonchev–Trinajstić information content (AvgIpc) is 2.88. The molecule has 1 heterocycles. The van der Waals surface area contributed by atoms with E-state index in [0.717, 1.165) is 23.5 Å². The van der Waals surface area contributed by atoms with Crippen LogP contribution in [0.25, 0.3) is 11.3 Å². The lowest BCUT2D eigenvalue weighted by Crippen LogP contribution is -2.22. The molecule has 2 aromatic rings. The first kappa shape index (κ1) is 14.2. The van der Waals surface area contributed by atoms with Crippen LogP contribution >= 0.6 is 11.3 Å². The number of nitrogens with two attached hydrogens (primary N) is 1. The summed E-state index contributed by atoms with van der Waals surface area (Å²) in [7, 11) is 0. The second kappa shape index (κ2) is 7.41. The van der Waals surface area contributed by atoms with E-state index >= 15 is 0 Å². The smallest absolute Gasteiger partial charge is 0.0948 e. The molecule has 0 spiro atoms. The van der Waals surface area contributed by atoms with Crippen molar-refractivity contribution in [2.75, 3.05) is 0 Å². The summed E-state index contributed by atoms with van der Waals surface area (Å²) in [5.41, 5.74) is 8.42. The Morgan fingerprint density at radius 2 is 2.00 bits per heavy atom. The molecule has 1 atom stereocenters. The molecule has 1 aromatic carbocycles. The summed E-state index contributed by atoms with van der Waals surface area (Å²) < 4.78 is 0. The number of aromatic nitrogens is 1.